The monoisotopic (exact) mass is 319 g/mol. The number of aryl methyl sites for hydroxylation is 1. The Balaban J connectivity index is 2.42. The summed E-state index contributed by atoms with van der Waals surface area (Å²) in [6.07, 6.45) is -1.03. The Labute approximate surface area is 121 Å². The minimum atomic E-state index is -4.03. The highest BCUT2D eigenvalue weighted by atomic mass is 32.2. The molecule has 1 aromatic heterocycles. The third-order valence-corrected chi connectivity index (χ3v) is 5.18. The zero-order valence-electron chi connectivity index (χ0n) is 11.6. The molecule has 21 heavy (non-hydrogen) atoms. The quantitative estimate of drug-likeness (QED) is 0.660. The van der Waals surface area contributed by atoms with Gasteiger partial charge in [0.1, 0.15) is 4.90 Å². The van der Waals surface area contributed by atoms with Gasteiger partial charge in [0.15, 0.2) is 5.69 Å². The number of carbonyl (C=O) groups is 1. The highest BCUT2D eigenvalue weighted by Gasteiger charge is 2.38. The van der Waals surface area contributed by atoms with Crippen LogP contribution in [0, 0.1) is 6.92 Å². The number of hydrogen-bond donors (Lipinski definition) is 3. The van der Waals surface area contributed by atoms with Crippen LogP contribution in [0.25, 0.3) is 0 Å². The number of sulfonamides is 1. The first kappa shape index (κ1) is 15.9. The molecular formula is C11H17N3O6S. The first-order valence-corrected chi connectivity index (χ1v) is 7.76. The zero-order valence-corrected chi connectivity index (χ0v) is 12.4. The van der Waals surface area contributed by atoms with Gasteiger partial charge in [0.05, 0.1) is 24.5 Å². The number of rotatable bonds is 4. The molecule has 2 atom stereocenters. The first-order chi connectivity index (χ1) is 9.77. The lowest BCUT2D eigenvalue weighted by atomic mass is 10.2. The molecule has 0 spiro atoms. The summed E-state index contributed by atoms with van der Waals surface area (Å²) in [4.78, 5) is 10.8. The van der Waals surface area contributed by atoms with Gasteiger partial charge in [-0.2, -0.15) is 9.40 Å². The second-order valence-electron chi connectivity index (χ2n) is 4.90. The van der Waals surface area contributed by atoms with Gasteiger partial charge in [0.25, 0.3) is 0 Å². The van der Waals surface area contributed by atoms with Gasteiger partial charge in [-0.05, 0) is 13.8 Å². The van der Waals surface area contributed by atoms with Crippen LogP contribution in [0.5, 0.6) is 0 Å². The lowest BCUT2D eigenvalue weighted by Crippen LogP contribution is -2.50. The molecule has 10 heteroatoms. The number of nitrogens with one attached hydrogen (secondary N) is 1. The Kier molecular flexibility index (Phi) is 4.33. The van der Waals surface area contributed by atoms with E-state index in [4.69, 9.17) is 14.9 Å². The van der Waals surface area contributed by atoms with Crippen LogP contribution < -0.4 is 0 Å². The van der Waals surface area contributed by atoms with Gasteiger partial charge in [0.2, 0.25) is 10.0 Å². The van der Waals surface area contributed by atoms with Crippen LogP contribution in [0.2, 0.25) is 0 Å². The summed E-state index contributed by atoms with van der Waals surface area (Å²) >= 11 is 0. The fourth-order valence-electron chi connectivity index (χ4n) is 2.31. The fraction of sp³-hybridized carbons (Fsp3) is 0.636. The smallest absolute Gasteiger partial charge is 0.357 e. The summed E-state index contributed by atoms with van der Waals surface area (Å²) in [5.41, 5.74) is -0.376. The van der Waals surface area contributed by atoms with Crippen LogP contribution in [0.1, 0.15) is 23.1 Å². The number of nitrogens with zero attached hydrogens (tertiary/aromatic N) is 2. The normalized spacial score (nSPS) is 24.1. The van der Waals surface area contributed by atoms with Crippen molar-refractivity contribution < 1.29 is 28.2 Å². The molecule has 3 N–H and O–H groups in total. The van der Waals surface area contributed by atoms with Gasteiger partial charge >= 0.3 is 5.97 Å². The third kappa shape index (κ3) is 2.93. The molecule has 1 saturated heterocycles. The van der Waals surface area contributed by atoms with Crippen LogP contribution in [0.15, 0.2) is 4.90 Å². The van der Waals surface area contributed by atoms with Crippen LogP contribution >= 0.6 is 0 Å². The van der Waals surface area contributed by atoms with Crippen molar-refractivity contribution >= 4 is 16.0 Å². The number of H-pyrrole nitrogens is 1. The van der Waals surface area contributed by atoms with Crippen molar-refractivity contribution in [1.82, 2.24) is 14.5 Å². The molecule has 1 aliphatic heterocycles. The summed E-state index contributed by atoms with van der Waals surface area (Å²) in [7, 11) is -4.03. The van der Waals surface area contributed by atoms with Gasteiger partial charge in [-0.25, -0.2) is 13.2 Å². The van der Waals surface area contributed by atoms with Crippen molar-refractivity contribution in [2.45, 2.75) is 31.0 Å². The number of aliphatic hydroxyl groups is 1. The van der Waals surface area contributed by atoms with E-state index in [9.17, 15) is 13.2 Å². The summed E-state index contributed by atoms with van der Waals surface area (Å²) < 4.78 is 31.8. The molecule has 1 aliphatic rings. The minimum Gasteiger partial charge on any atom is -0.476 e. The molecule has 0 bridgehead atoms. The van der Waals surface area contributed by atoms with E-state index in [-0.39, 0.29) is 30.3 Å². The van der Waals surface area contributed by atoms with E-state index in [1.807, 2.05) is 0 Å². The summed E-state index contributed by atoms with van der Waals surface area (Å²) in [6.45, 7) is 2.87. The van der Waals surface area contributed by atoms with E-state index in [2.05, 4.69) is 10.2 Å². The average Bonchev–Trinajstić information content (AvgIpc) is 2.80. The second-order valence-corrected chi connectivity index (χ2v) is 6.78. The number of aromatic amines is 1. The number of hydrogen-bond acceptors (Lipinski definition) is 6. The van der Waals surface area contributed by atoms with E-state index in [1.165, 1.54) is 6.92 Å². The number of ether oxygens (including phenoxy) is 1. The third-order valence-electron chi connectivity index (χ3n) is 3.19. The van der Waals surface area contributed by atoms with Crippen molar-refractivity contribution in [3.63, 3.8) is 0 Å². The molecule has 0 aromatic carbocycles. The maximum atomic E-state index is 12.7. The molecule has 118 valence electrons. The molecule has 0 saturated carbocycles. The topological polar surface area (TPSA) is 133 Å². The van der Waals surface area contributed by atoms with Crippen LogP contribution in [-0.2, 0) is 14.8 Å². The fourth-order valence-corrected chi connectivity index (χ4v) is 4.15. The van der Waals surface area contributed by atoms with Crippen molar-refractivity contribution in [1.29, 1.82) is 0 Å². The summed E-state index contributed by atoms with van der Waals surface area (Å²) in [5.74, 6) is -1.42. The number of aromatic carboxylic acids is 1. The van der Waals surface area contributed by atoms with Gasteiger partial charge in [-0.3, -0.25) is 5.10 Å². The SMILES string of the molecule is Cc1[nH]nc(C(=O)O)c1S(=O)(=O)N1CC(C)OC(CO)C1. The Bertz CT molecular complexity index is 640. The molecular weight excluding hydrogens is 302 g/mol. The van der Waals surface area contributed by atoms with Crippen LogP contribution in [0.3, 0.4) is 0 Å². The Morgan fingerprint density at radius 1 is 1.52 bits per heavy atom. The van der Waals surface area contributed by atoms with E-state index in [1.54, 1.807) is 6.92 Å². The maximum absolute atomic E-state index is 12.7. The highest BCUT2D eigenvalue weighted by molar-refractivity contribution is 7.89. The number of carboxylic acids is 1. The minimum absolute atomic E-state index is 0.0349. The van der Waals surface area contributed by atoms with Crippen molar-refractivity contribution in [2.24, 2.45) is 0 Å². The van der Waals surface area contributed by atoms with Gasteiger partial charge in [-0.15, -0.1) is 0 Å². The number of aliphatic hydroxyl groups excluding tert-OH is 1. The average molecular weight is 319 g/mol. The number of morpholine rings is 1. The molecule has 0 aliphatic carbocycles. The summed E-state index contributed by atoms with van der Waals surface area (Å²) in [6, 6.07) is 0. The molecule has 9 nitrogen and oxygen atoms in total. The number of carboxylic acid groups (broad SMARTS) is 1. The molecule has 0 amide bonds. The lowest BCUT2D eigenvalue weighted by molar-refractivity contribution is -0.0750. The second kappa shape index (κ2) is 5.72. The van der Waals surface area contributed by atoms with E-state index >= 15 is 0 Å². The molecule has 2 unspecified atom stereocenters. The lowest BCUT2D eigenvalue weighted by Gasteiger charge is -2.35. The van der Waals surface area contributed by atoms with Crippen molar-refractivity contribution in [3.05, 3.63) is 11.4 Å². The van der Waals surface area contributed by atoms with Crippen molar-refractivity contribution in [2.75, 3.05) is 19.7 Å². The highest BCUT2D eigenvalue weighted by Crippen LogP contribution is 2.25. The Morgan fingerprint density at radius 3 is 2.76 bits per heavy atom. The van der Waals surface area contributed by atoms with E-state index in [0.29, 0.717) is 0 Å². The van der Waals surface area contributed by atoms with Crippen molar-refractivity contribution in [3.8, 4) is 0 Å². The standard InChI is InChI=1S/C11H17N3O6S/c1-6-3-14(4-8(5-15)20-6)21(18,19)10-7(2)12-13-9(10)11(16)17/h6,8,15H,3-5H2,1-2H3,(H,12,13)(H,16,17). The Morgan fingerprint density at radius 2 is 2.19 bits per heavy atom. The van der Waals surface area contributed by atoms with Gasteiger partial charge in [-0.1, -0.05) is 0 Å². The molecule has 1 fully saturated rings. The molecule has 1 aromatic rings. The molecule has 2 rings (SSSR count). The molecule has 0 radical (unpaired) electrons. The van der Waals surface area contributed by atoms with Crippen LogP contribution in [-0.4, -0.2) is 71.0 Å². The predicted molar refractivity (Wildman–Crippen MR) is 70.5 cm³/mol. The van der Waals surface area contributed by atoms with Crippen LogP contribution in [0.4, 0.5) is 0 Å². The largest absolute Gasteiger partial charge is 0.476 e. The first-order valence-electron chi connectivity index (χ1n) is 6.32. The van der Waals surface area contributed by atoms with E-state index in [0.717, 1.165) is 4.31 Å². The van der Waals surface area contributed by atoms with Gasteiger partial charge < -0.3 is 14.9 Å². The zero-order chi connectivity index (χ0) is 15.8. The molecule has 2 heterocycles. The van der Waals surface area contributed by atoms with Gasteiger partial charge in [0, 0.05) is 13.1 Å². The number of aromatic nitrogens is 2. The Hall–Kier alpha value is -1.49. The maximum Gasteiger partial charge on any atom is 0.357 e. The predicted octanol–water partition coefficient (Wildman–Crippen LogP) is -0.813. The summed E-state index contributed by atoms with van der Waals surface area (Å²) in [5, 5.41) is 24.1. The van der Waals surface area contributed by atoms with E-state index < -0.39 is 33.9 Å².